The van der Waals surface area contributed by atoms with Gasteiger partial charge in [0.05, 0.1) is 0 Å². The zero-order chi connectivity index (χ0) is 7.56. The molecule has 0 aliphatic carbocycles. The van der Waals surface area contributed by atoms with Crippen LogP contribution < -0.4 is 4.89 Å². The summed E-state index contributed by atoms with van der Waals surface area (Å²) >= 11 is 0. The molecule has 1 N–H and O–H groups in total. The minimum atomic E-state index is 0. The first kappa shape index (κ1) is 10.7. The first-order valence-electron chi connectivity index (χ1n) is 3.13. The SMILES string of the molecule is Cc1cccc(C)c1OO.[W]. The van der Waals surface area contributed by atoms with Crippen LogP contribution in [0.2, 0.25) is 0 Å². The van der Waals surface area contributed by atoms with Crippen LogP contribution >= 0.6 is 0 Å². The van der Waals surface area contributed by atoms with Gasteiger partial charge in [0, 0.05) is 21.1 Å². The van der Waals surface area contributed by atoms with Gasteiger partial charge in [0.2, 0.25) is 0 Å². The van der Waals surface area contributed by atoms with Gasteiger partial charge in [-0.2, -0.15) is 0 Å². The Kier molecular flexibility index (Phi) is 4.39. The van der Waals surface area contributed by atoms with Crippen molar-refractivity contribution in [3.63, 3.8) is 0 Å². The number of benzene rings is 1. The molecule has 0 saturated carbocycles. The summed E-state index contributed by atoms with van der Waals surface area (Å²) in [4.78, 5) is 4.18. The molecule has 11 heavy (non-hydrogen) atoms. The second-order valence-corrected chi connectivity index (χ2v) is 2.31. The third-order valence-electron chi connectivity index (χ3n) is 1.50. The summed E-state index contributed by atoms with van der Waals surface area (Å²) in [5, 5.41) is 8.40. The van der Waals surface area contributed by atoms with Gasteiger partial charge in [-0.05, 0) is 25.0 Å². The van der Waals surface area contributed by atoms with E-state index < -0.39 is 0 Å². The second-order valence-electron chi connectivity index (χ2n) is 2.31. The second kappa shape index (κ2) is 4.53. The summed E-state index contributed by atoms with van der Waals surface area (Å²) in [7, 11) is 0. The monoisotopic (exact) mass is 322 g/mol. The van der Waals surface area contributed by atoms with Crippen molar-refractivity contribution in [3.05, 3.63) is 29.3 Å². The maximum Gasteiger partial charge on any atom is 0.170 e. The fraction of sp³-hybridized carbons (Fsp3) is 0.250. The first-order valence-corrected chi connectivity index (χ1v) is 3.13. The van der Waals surface area contributed by atoms with Crippen molar-refractivity contribution >= 4 is 0 Å². The average Bonchev–Trinajstić information content (AvgIpc) is 1.88. The minimum Gasteiger partial charge on any atom is -0.340 e. The molecule has 0 amide bonds. The predicted molar refractivity (Wildman–Crippen MR) is 39.2 cm³/mol. The molecule has 0 unspecified atom stereocenters. The standard InChI is InChI=1S/C8H10O2.W/c1-6-4-3-5-7(2)8(6)10-9;/h3-5,9H,1-2H3;. The van der Waals surface area contributed by atoms with Crippen molar-refractivity contribution in [2.75, 3.05) is 0 Å². The Morgan fingerprint density at radius 1 is 1.18 bits per heavy atom. The Balaban J connectivity index is 0.000001000. The summed E-state index contributed by atoms with van der Waals surface area (Å²) in [6, 6.07) is 5.70. The Morgan fingerprint density at radius 3 is 1.91 bits per heavy atom. The van der Waals surface area contributed by atoms with Crippen LogP contribution in [0.3, 0.4) is 0 Å². The maximum atomic E-state index is 8.40. The summed E-state index contributed by atoms with van der Waals surface area (Å²) in [6.45, 7) is 3.77. The van der Waals surface area contributed by atoms with Gasteiger partial charge in [0.15, 0.2) is 5.75 Å². The van der Waals surface area contributed by atoms with E-state index in [1.165, 1.54) is 0 Å². The molecule has 0 saturated heterocycles. The van der Waals surface area contributed by atoms with Crippen LogP contribution in [-0.2, 0) is 21.1 Å². The smallest absolute Gasteiger partial charge is 0.170 e. The Morgan fingerprint density at radius 2 is 1.64 bits per heavy atom. The van der Waals surface area contributed by atoms with Crippen LogP contribution in [-0.4, -0.2) is 5.26 Å². The molecule has 0 aliphatic heterocycles. The van der Waals surface area contributed by atoms with E-state index in [0.717, 1.165) is 11.1 Å². The first-order chi connectivity index (χ1) is 4.75. The van der Waals surface area contributed by atoms with Crippen molar-refractivity contribution in [2.24, 2.45) is 0 Å². The molecule has 60 valence electrons. The molecule has 1 aromatic rings. The van der Waals surface area contributed by atoms with Crippen LogP contribution in [0.5, 0.6) is 5.75 Å². The van der Waals surface area contributed by atoms with Crippen molar-refractivity contribution < 1.29 is 31.2 Å². The molecule has 0 bridgehead atoms. The van der Waals surface area contributed by atoms with Crippen molar-refractivity contribution in [2.45, 2.75) is 13.8 Å². The predicted octanol–water partition coefficient (Wildman–Crippen LogP) is 2.15. The Labute approximate surface area is 80.4 Å². The summed E-state index contributed by atoms with van der Waals surface area (Å²) in [6.07, 6.45) is 0. The number of rotatable bonds is 1. The molecule has 3 heteroatoms. The van der Waals surface area contributed by atoms with E-state index in [2.05, 4.69) is 4.89 Å². The normalized spacial score (nSPS) is 8.64. The van der Waals surface area contributed by atoms with Crippen LogP contribution in [0.1, 0.15) is 11.1 Å². The van der Waals surface area contributed by atoms with Gasteiger partial charge in [-0.25, -0.2) is 5.26 Å². The van der Waals surface area contributed by atoms with Gasteiger partial charge in [-0.1, -0.05) is 18.2 Å². The van der Waals surface area contributed by atoms with E-state index in [9.17, 15) is 0 Å². The summed E-state index contributed by atoms with van der Waals surface area (Å²) in [5.74, 6) is 0.558. The van der Waals surface area contributed by atoms with Crippen LogP contribution in [0.25, 0.3) is 0 Å². The third kappa shape index (κ3) is 2.32. The summed E-state index contributed by atoms with van der Waals surface area (Å²) in [5.41, 5.74) is 1.89. The van der Waals surface area contributed by atoms with Crippen molar-refractivity contribution in [3.8, 4) is 5.75 Å². The van der Waals surface area contributed by atoms with E-state index in [4.69, 9.17) is 5.26 Å². The van der Waals surface area contributed by atoms with Crippen molar-refractivity contribution in [1.29, 1.82) is 0 Å². The Hall–Kier alpha value is -0.332. The van der Waals surface area contributed by atoms with E-state index >= 15 is 0 Å². The van der Waals surface area contributed by atoms with Crippen LogP contribution in [0.15, 0.2) is 18.2 Å². The molecule has 0 aliphatic rings. The van der Waals surface area contributed by atoms with E-state index in [0.29, 0.717) is 5.75 Å². The fourth-order valence-electron chi connectivity index (χ4n) is 0.943. The number of hydrogen-bond donors (Lipinski definition) is 1. The zero-order valence-corrected chi connectivity index (χ0v) is 9.43. The third-order valence-corrected chi connectivity index (χ3v) is 1.50. The number of para-hydroxylation sites is 1. The maximum absolute atomic E-state index is 8.40. The molecular formula is C8H10O2W. The molecule has 0 atom stereocenters. The van der Waals surface area contributed by atoms with E-state index in [1.807, 2.05) is 32.0 Å². The fourth-order valence-corrected chi connectivity index (χ4v) is 0.943. The van der Waals surface area contributed by atoms with E-state index in [-0.39, 0.29) is 21.1 Å². The van der Waals surface area contributed by atoms with Crippen molar-refractivity contribution in [1.82, 2.24) is 0 Å². The zero-order valence-electron chi connectivity index (χ0n) is 6.50. The minimum absolute atomic E-state index is 0. The van der Waals surface area contributed by atoms with Gasteiger partial charge >= 0.3 is 0 Å². The average molecular weight is 322 g/mol. The Bertz CT molecular complexity index is 215. The van der Waals surface area contributed by atoms with Gasteiger partial charge in [-0.15, -0.1) is 0 Å². The van der Waals surface area contributed by atoms with Gasteiger partial charge < -0.3 is 4.89 Å². The molecule has 1 rings (SSSR count). The topological polar surface area (TPSA) is 29.5 Å². The van der Waals surface area contributed by atoms with E-state index in [1.54, 1.807) is 0 Å². The molecule has 0 heterocycles. The van der Waals surface area contributed by atoms with Gasteiger partial charge in [0.25, 0.3) is 0 Å². The molecule has 0 radical (unpaired) electrons. The largest absolute Gasteiger partial charge is 0.340 e. The molecule has 0 spiro atoms. The molecule has 0 fully saturated rings. The van der Waals surface area contributed by atoms with Crippen LogP contribution in [0.4, 0.5) is 0 Å². The molecule has 0 aromatic heterocycles. The van der Waals surface area contributed by atoms with Gasteiger partial charge in [0.1, 0.15) is 0 Å². The van der Waals surface area contributed by atoms with Gasteiger partial charge in [-0.3, -0.25) is 0 Å². The number of aryl methyl sites for hydroxylation is 2. The molecule has 2 nitrogen and oxygen atoms in total. The molecule has 1 aromatic carbocycles. The number of hydrogen-bond acceptors (Lipinski definition) is 2. The van der Waals surface area contributed by atoms with Crippen LogP contribution in [0, 0.1) is 13.8 Å². The molecular weight excluding hydrogens is 312 g/mol. The summed E-state index contributed by atoms with van der Waals surface area (Å²) < 4.78 is 0. The quantitative estimate of drug-likeness (QED) is 0.634.